The van der Waals surface area contributed by atoms with E-state index in [2.05, 4.69) is 23.8 Å². The largest absolute Gasteiger partial charge is 0.507 e. The standard InChI is InChI=1S/C47H59FN2O6/c1-3-5-7-9-11-13-15-17-29-54-41-24-19-36(45(51)32-41)34-49-38-21-26-40(27-22-38)56-47(53)43-31-39(23-28-44(43)48)50-35-37-20-25-42(33-46(37)52)55-30-18-16-14-12-10-8-6-4-2/h19-28,31-35,51-52H,3-18,29-30H2,1-2H3. The maximum atomic E-state index is 14.7. The first-order chi connectivity index (χ1) is 27.4. The lowest BCUT2D eigenvalue weighted by Crippen LogP contribution is -2.10. The Hall–Kier alpha value is -5.18. The van der Waals surface area contributed by atoms with Crippen LogP contribution >= 0.6 is 0 Å². The monoisotopic (exact) mass is 766 g/mol. The molecule has 2 N–H and O–H groups in total. The zero-order chi connectivity index (χ0) is 39.8. The van der Waals surface area contributed by atoms with Gasteiger partial charge in [0, 0.05) is 35.7 Å². The Labute approximate surface area is 332 Å². The molecule has 8 nitrogen and oxygen atoms in total. The van der Waals surface area contributed by atoms with Gasteiger partial charge in [-0.25, -0.2) is 9.18 Å². The number of phenols is 2. The second-order valence-electron chi connectivity index (χ2n) is 14.2. The molecule has 0 spiro atoms. The minimum absolute atomic E-state index is 0.000551. The zero-order valence-corrected chi connectivity index (χ0v) is 33.2. The van der Waals surface area contributed by atoms with E-state index >= 15 is 0 Å². The van der Waals surface area contributed by atoms with Crippen LogP contribution in [0.2, 0.25) is 0 Å². The van der Waals surface area contributed by atoms with Crippen molar-refractivity contribution in [2.75, 3.05) is 13.2 Å². The molecule has 0 atom stereocenters. The van der Waals surface area contributed by atoms with Crippen LogP contribution in [0.4, 0.5) is 15.8 Å². The van der Waals surface area contributed by atoms with Crippen molar-refractivity contribution in [3.63, 3.8) is 0 Å². The van der Waals surface area contributed by atoms with Gasteiger partial charge in [0.2, 0.25) is 0 Å². The first-order valence-electron chi connectivity index (χ1n) is 20.5. The van der Waals surface area contributed by atoms with Crippen LogP contribution in [0.15, 0.2) is 88.8 Å². The third-order valence-electron chi connectivity index (χ3n) is 9.46. The van der Waals surface area contributed by atoms with E-state index in [4.69, 9.17) is 14.2 Å². The minimum atomic E-state index is -0.883. The van der Waals surface area contributed by atoms with Gasteiger partial charge >= 0.3 is 5.97 Å². The van der Waals surface area contributed by atoms with E-state index in [1.165, 1.54) is 95.4 Å². The fourth-order valence-corrected chi connectivity index (χ4v) is 6.10. The highest BCUT2D eigenvalue weighted by atomic mass is 19.1. The lowest BCUT2D eigenvalue weighted by molar-refractivity contribution is 0.0730. The van der Waals surface area contributed by atoms with E-state index in [9.17, 15) is 19.4 Å². The lowest BCUT2D eigenvalue weighted by Gasteiger charge is -2.08. The quantitative estimate of drug-likeness (QED) is 0.0285. The predicted octanol–water partition coefficient (Wildman–Crippen LogP) is 13.0. The van der Waals surface area contributed by atoms with Gasteiger partial charge in [-0.1, -0.05) is 104 Å². The molecule has 4 aromatic carbocycles. The van der Waals surface area contributed by atoms with Crippen LogP contribution in [0.1, 0.15) is 138 Å². The number of unbranched alkanes of at least 4 members (excludes halogenated alkanes) is 14. The van der Waals surface area contributed by atoms with Gasteiger partial charge in [-0.15, -0.1) is 0 Å². The van der Waals surface area contributed by atoms with E-state index in [1.807, 2.05) is 6.07 Å². The average Bonchev–Trinajstić information content (AvgIpc) is 3.20. The first-order valence-corrected chi connectivity index (χ1v) is 20.5. The van der Waals surface area contributed by atoms with Crippen LogP contribution in [0, 0.1) is 5.82 Å². The van der Waals surface area contributed by atoms with Crippen LogP contribution in [-0.4, -0.2) is 41.8 Å². The lowest BCUT2D eigenvalue weighted by atomic mass is 10.1. The molecule has 56 heavy (non-hydrogen) atoms. The summed E-state index contributed by atoms with van der Waals surface area (Å²) in [5.74, 6) is -0.176. The number of hydrogen-bond donors (Lipinski definition) is 2. The van der Waals surface area contributed by atoms with Crippen molar-refractivity contribution >= 4 is 29.8 Å². The number of hydrogen-bond acceptors (Lipinski definition) is 8. The highest BCUT2D eigenvalue weighted by molar-refractivity contribution is 5.93. The minimum Gasteiger partial charge on any atom is -0.507 e. The van der Waals surface area contributed by atoms with Gasteiger partial charge in [-0.05, 0) is 79.6 Å². The summed E-state index contributed by atoms with van der Waals surface area (Å²) in [7, 11) is 0. The van der Waals surface area contributed by atoms with Gasteiger partial charge in [0.15, 0.2) is 0 Å². The van der Waals surface area contributed by atoms with Crippen molar-refractivity contribution in [2.45, 2.75) is 117 Å². The molecule has 300 valence electrons. The normalized spacial score (nSPS) is 11.4. The second kappa shape index (κ2) is 25.1. The fourth-order valence-electron chi connectivity index (χ4n) is 6.10. The molecule has 0 aliphatic rings. The molecule has 0 unspecified atom stereocenters. The summed E-state index contributed by atoms with van der Waals surface area (Å²) in [4.78, 5) is 21.7. The molecule has 0 saturated heterocycles. The third kappa shape index (κ3) is 15.9. The summed E-state index contributed by atoms with van der Waals surface area (Å²) >= 11 is 0. The maximum absolute atomic E-state index is 14.7. The number of esters is 1. The van der Waals surface area contributed by atoms with Gasteiger partial charge in [0.05, 0.1) is 30.2 Å². The summed E-state index contributed by atoms with van der Waals surface area (Å²) in [6.45, 7) is 5.65. The van der Waals surface area contributed by atoms with Crippen molar-refractivity contribution in [1.29, 1.82) is 0 Å². The SMILES string of the molecule is CCCCCCCCCCOc1ccc(C=Nc2ccc(OC(=O)c3cc(N=Cc4ccc(OCCCCCCCCCC)cc4O)ccc3F)cc2)c(O)c1. The van der Waals surface area contributed by atoms with E-state index in [0.717, 1.165) is 31.7 Å². The van der Waals surface area contributed by atoms with Crippen molar-refractivity contribution in [3.8, 4) is 28.7 Å². The highest BCUT2D eigenvalue weighted by Crippen LogP contribution is 2.27. The van der Waals surface area contributed by atoms with Gasteiger partial charge < -0.3 is 24.4 Å². The molecule has 0 bridgehead atoms. The van der Waals surface area contributed by atoms with Crippen LogP contribution in [0.25, 0.3) is 0 Å². The number of nitrogens with zero attached hydrogens (tertiary/aromatic N) is 2. The Kier molecular flexibility index (Phi) is 19.5. The summed E-state index contributed by atoms with van der Waals surface area (Å²) in [6.07, 6.45) is 22.5. The van der Waals surface area contributed by atoms with Crippen molar-refractivity contribution in [2.24, 2.45) is 9.98 Å². The van der Waals surface area contributed by atoms with E-state index in [-0.39, 0.29) is 22.8 Å². The van der Waals surface area contributed by atoms with E-state index in [1.54, 1.807) is 60.8 Å². The molecule has 4 aromatic rings. The summed E-state index contributed by atoms with van der Waals surface area (Å²) in [5, 5.41) is 21.0. The highest BCUT2D eigenvalue weighted by Gasteiger charge is 2.15. The van der Waals surface area contributed by atoms with Gasteiger partial charge in [0.1, 0.15) is 34.6 Å². The van der Waals surface area contributed by atoms with Crippen LogP contribution in [0.3, 0.4) is 0 Å². The predicted molar refractivity (Wildman–Crippen MR) is 225 cm³/mol. The number of aromatic hydroxyl groups is 2. The molecule has 0 heterocycles. The smallest absolute Gasteiger partial charge is 0.346 e. The summed E-state index contributed by atoms with van der Waals surface area (Å²) in [5.41, 5.74) is 1.57. The third-order valence-corrected chi connectivity index (χ3v) is 9.46. The number of phenolic OH excluding ortho intramolecular Hbond substituents is 2. The number of benzene rings is 4. The molecular formula is C47H59FN2O6. The summed E-state index contributed by atoms with van der Waals surface area (Å²) in [6, 6.07) is 20.4. The average molecular weight is 767 g/mol. The maximum Gasteiger partial charge on any atom is 0.346 e. The molecule has 4 rings (SSSR count). The molecule has 0 aromatic heterocycles. The Balaban J connectivity index is 1.22. The van der Waals surface area contributed by atoms with Gasteiger partial charge in [-0.3, -0.25) is 9.98 Å². The number of carbonyl (C=O) groups excluding carboxylic acids is 1. The van der Waals surface area contributed by atoms with Crippen LogP contribution < -0.4 is 14.2 Å². The van der Waals surface area contributed by atoms with Crippen LogP contribution in [0.5, 0.6) is 28.7 Å². The second-order valence-corrected chi connectivity index (χ2v) is 14.2. The Morgan fingerprint density at radius 2 is 0.982 bits per heavy atom. The fraction of sp³-hybridized carbons (Fsp3) is 0.426. The molecular weight excluding hydrogens is 708 g/mol. The molecule has 0 fully saturated rings. The molecule has 0 aliphatic heterocycles. The van der Waals surface area contributed by atoms with Gasteiger partial charge in [0.25, 0.3) is 0 Å². The van der Waals surface area contributed by atoms with Crippen molar-refractivity contribution in [3.05, 3.63) is 101 Å². The molecule has 0 amide bonds. The Morgan fingerprint density at radius 1 is 0.554 bits per heavy atom. The first kappa shape index (κ1) is 43.5. The number of aliphatic imine (C=N–C) groups is 2. The zero-order valence-electron chi connectivity index (χ0n) is 33.2. The van der Waals surface area contributed by atoms with Crippen molar-refractivity contribution < 1.29 is 33.6 Å². The van der Waals surface area contributed by atoms with Crippen LogP contribution in [-0.2, 0) is 0 Å². The topological polar surface area (TPSA) is 110 Å². The number of carbonyl (C=O) groups is 1. The van der Waals surface area contributed by atoms with E-state index in [0.29, 0.717) is 47.2 Å². The Morgan fingerprint density at radius 3 is 1.46 bits per heavy atom. The summed E-state index contributed by atoms with van der Waals surface area (Å²) < 4.78 is 31.8. The number of rotatable bonds is 26. The Bertz CT molecular complexity index is 1820. The number of ether oxygens (including phenoxy) is 3. The molecule has 0 radical (unpaired) electrons. The van der Waals surface area contributed by atoms with Gasteiger partial charge in [-0.2, -0.15) is 0 Å². The van der Waals surface area contributed by atoms with E-state index < -0.39 is 11.8 Å². The molecule has 0 saturated carbocycles. The van der Waals surface area contributed by atoms with Crippen molar-refractivity contribution in [1.82, 2.24) is 0 Å². The number of halogens is 1. The molecule has 9 heteroatoms. The molecule has 0 aliphatic carbocycles.